The SMILES string of the molecule is Cc1c(CCCC(=O)O)c2cccc(/C=C/c3ccc(OCCCCOc4c(F)cccc4F)cc3)c2n1CC(=O)O. The van der Waals surface area contributed by atoms with E-state index in [1.807, 2.05) is 61.5 Å². The third kappa shape index (κ3) is 7.75. The van der Waals surface area contributed by atoms with Crippen LogP contribution in [0.25, 0.3) is 23.1 Å². The number of halogens is 2. The minimum Gasteiger partial charge on any atom is -0.494 e. The van der Waals surface area contributed by atoms with Gasteiger partial charge in [-0.3, -0.25) is 9.59 Å². The molecule has 0 spiro atoms. The van der Waals surface area contributed by atoms with Gasteiger partial charge in [0.1, 0.15) is 12.3 Å². The van der Waals surface area contributed by atoms with Gasteiger partial charge in [-0.15, -0.1) is 0 Å². The molecule has 0 unspecified atom stereocenters. The van der Waals surface area contributed by atoms with E-state index >= 15 is 0 Å². The molecule has 0 fully saturated rings. The number of aryl methyl sites for hydroxylation is 1. The maximum Gasteiger partial charge on any atom is 0.323 e. The molecule has 0 saturated carbocycles. The second-order valence-electron chi connectivity index (χ2n) is 9.89. The van der Waals surface area contributed by atoms with Gasteiger partial charge >= 0.3 is 11.9 Å². The molecule has 0 atom stereocenters. The number of aliphatic carboxylic acids is 2. The number of carbonyl (C=O) groups is 2. The molecule has 9 heteroatoms. The van der Waals surface area contributed by atoms with Gasteiger partial charge in [-0.2, -0.15) is 0 Å². The van der Waals surface area contributed by atoms with E-state index in [1.54, 1.807) is 4.57 Å². The lowest BCUT2D eigenvalue weighted by Gasteiger charge is -2.09. The molecule has 0 radical (unpaired) electrons. The third-order valence-corrected chi connectivity index (χ3v) is 6.92. The van der Waals surface area contributed by atoms with E-state index < -0.39 is 23.6 Å². The van der Waals surface area contributed by atoms with Crippen LogP contribution in [0.1, 0.15) is 48.1 Å². The van der Waals surface area contributed by atoms with Gasteiger partial charge in [-0.05, 0) is 73.6 Å². The van der Waals surface area contributed by atoms with Crippen molar-refractivity contribution in [1.82, 2.24) is 4.57 Å². The lowest BCUT2D eigenvalue weighted by Crippen LogP contribution is -2.10. The first-order valence-electron chi connectivity index (χ1n) is 13.8. The first-order chi connectivity index (χ1) is 20.2. The van der Waals surface area contributed by atoms with Crippen LogP contribution in [0, 0.1) is 18.6 Å². The molecular formula is C33H33F2NO6. The molecule has 220 valence electrons. The highest BCUT2D eigenvalue weighted by atomic mass is 19.1. The Hall–Kier alpha value is -4.66. The summed E-state index contributed by atoms with van der Waals surface area (Å²) in [7, 11) is 0. The molecule has 7 nitrogen and oxygen atoms in total. The van der Waals surface area contributed by atoms with Crippen LogP contribution < -0.4 is 9.47 Å². The summed E-state index contributed by atoms with van der Waals surface area (Å²) in [6.07, 6.45) is 6.17. The molecule has 0 saturated heterocycles. The predicted octanol–water partition coefficient (Wildman–Crippen LogP) is 7.13. The van der Waals surface area contributed by atoms with Crippen LogP contribution in [0.4, 0.5) is 8.78 Å². The summed E-state index contributed by atoms with van der Waals surface area (Å²) < 4.78 is 40.0. The van der Waals surface area contributed by atoms with Gasteiger partial charge in [0, 0.05) is 17.5 Å². The Kier molecular flexibility index (Phi) is 10.3. The van der Waals surface area contributed by atoms with Crippen molar-refractivity contribution in [2.75, 3.05) is 13.2 Å². The maximum atomic E-state index is 13.6. The lowest BCUT2D eigenvalue weighted by atomic mass is 10.0. The average Bonchev–Trinajstić information content (AvgIpc) is 3.21. The van der Waals surface area contributed by atoms with Crippen molar-refractivity contribution in [3.63, 3.8) is 0 Å². The second kappa shape index (κ2) is 14.3. The zero-order chi connectivity index (χ0) is 30.1. The van der Waals surface area contributed by atoms with Crippen LogP contribution in [0.5, 0.6) is 11.5 Å². The largest absolute Gasteiger partial charge is 0.494 e. The summed E-state index contributed by atoms with van der Waals surface area (Å²) in [5.74, 6) is -2.93. The van der Waals surface area contributed by atoms with Crippen LogP contribution >= 0.6 is 0 Å². The number of rotatable bonds is 15. The highest BCUT2D eigenvalue weighted by molar-refractivity contribution is 5.95. The number of aromatic nitrogens is 1. The fourth-order valence-corrected chi connectivity index (χ4v) is 4.88. The summed E-state index contributed by atoms with van der Waals surface area (Å²) in [6.45, 7) is 2.29. The number of ether oxygens (including phenoxy) is 2. The van der Waals surface area contributed by atoms with Gasteiger partial charge in [0.25, 0.3) is 0 Å². The Morgan fingerprint density at radius 1 is 0.833 bits per heavy atom. The Labute approximate surface area is 242 Å². The first-order valence-corrected chi connectivity index (χ1v) is 13.8. The van der Waals surface area contributed by atoms with Crippen molar-refractivity contribution in [3.05, 3.63) is 94.7 Å². The summed E-state index contributed by atoms with van der Waals surface area (Å²) in [6, 6.07) is 16.9. The molecule has 42 heavy (non-hydrogen) atoms. The summed E-state index contributed by atoms with van der Waals surface area (Å²) in [4.78, 5) is 22.7. The molecular weight excluding hydrogens is 544 g/mol. The summed E-state index contributed by atoms with van der Waals surface area (Å²) in [5.41, 5.74) is 4.38. The topological polar surface area (TPSA) is 98.0 Å². The summed E-state index contributed by atoms with van der Waals surface area (Å²) >= 11 is 0. The van der Waals surface area contributed by atoms with Crippen molar-refractivity contribution in [2.24, 2.45) is 0 Å². The van der Waals surface area contributed by atoms with Crippen LogP contribution in [-0.2, 0) is 22.6 Å². The normalized spacial score (nSPS) is 11.3. The Bertz CT molecular complexity index is 1560. The van der Waals surface area contributed by atoms with Crippen molar-refractivity contribution in [2.45, 2.75) is 45.6 Å². The molecule has 4 rings (SSSR count). The fourth-order valence-electron chi connectivity index (χ4n) is 4.88. The fraction of sp³-hybridized carbons (Fsp3) is 0.273. The molecule has 0 aliphatic rings. The number of hydrogen-bond donors (Lipinski definition) is 2. The van der Waals surface area contributed by atoms with Crippen LogP contribution in [0.15, 0.2) is 60.7 Å². The predicted molar refractivity (Wildman–Crippen MR) is 157 cm³/mol. The first kappa shape index (κ1) is 30.3. The van der Waals surface area contributed by atoms with Gasteiger partial charge in [0.2, 0.25) is 0 Å². The van der Waals surface area contributed by atoms with E-state index in [1.165, 1.54) is 6.07 Å². The van der Waals surface area contributed by atoms with Crippen molar-refractivity contribution >= 4 is 35.0 Å². The van der Waals surface area contributed by atoms with E-state index in [4.69, 9.17) is 14.6 Å². The van der Waals surface area contributed by atoms with Gasteiger partial charge in [0.15, 0.2) is 17.4 Å². The molecule has 0 aliphatic carbocycles. The average molecular weight is 578 g/mol. The molecule has 1 heterocycles. The van der Waals surface area contributed by atoms with Gasteiger partial charge < -0.3 is 24.3 Å². The Balaban J connectivity index is 1.38. The molecule has 3 aromatic carbocycles. The van der Waals surface area contributed by atoms with Crippen LogP contribution in [-0.4, -0.2) is 39.9 Å². The molecule has 0 bridgehead atoms. The standard InChI is InChI=1S/C33H33F2NO6/c1-22-26(8-5-12-30(37)38)27-9-4-7-24(32(27)36(22)21-31(39)40)16-13-23-14-17-25(18-15-23)41-19-2-3-20-42-33-28(34)10-6-11-29(33)35/h4,6-7,9-11,13-18H,2-3,5,8,12,19-21H2,1H3,(H,37,38)(H,39,40)/b16-13+. The molecule has 0 aliphatic heterocycles. The van der Waals surface area contributed by atoms with Crippen molar-refractivity contribution < 1.29 is 38.1 Å². The number of nitrogens with zero attached hydrogens (tertiary/aromatic N) is 1. The number of para-hydroxylation sites is 2. The van der Waals surface area contributed by atoms with Crippen molar-refractivity contribution in [3.8, 4) is 11.5 Å². The van der Waals surface area contributed by atoms with Gasteiger partial charge in [-0.25, -0.2) is 8.78 Å². The molecule has 1 aromatic heterocycles. The Morgan fingerprint density at radius 2 is 1.50 bits per heavy atom. The van der Waals surface area contributed by atoms with Crippen molar-refractivity contribution in [1.29, 1.82) is 0 Å². The molecule has 0 amide bonds. The van der Waals surface area contributed by atoms with E-state index in [0.717, 1.165) is 45.4 Å². The smallest absolute Gasteiger partial charge is 0.323 e. The quantitative estimate of drug-likeness (QED) is 0.115. The maximum absolute atomic E-state index is 13.6. The van der Waals surface area contributed by atoms with Gasteiger partial charge in [0.05, 0.1) is 18.7 Å². The zero-order valence-corrected chi connectivity index (χ0v) is 23.3. The summed E-state index contributed by atoms with van der Waals surface area (Å²) in [5, 5.41) is 19.5. The Morgan fingerprint density at radius 3 is 2.17 bits per heavy atom. The number of benzene rings is 3. The molecule has 2 N–H and O–H groups in total. The second-order valence-corrected chi connectivity index (χ2v) is 9.89. The highest BCUT2D eigenvalue weighted by Gasteiger charge is 2.18. The minimum absolute atomic E-state index is 0.0511. The molecule has 4 aromatic rings. The lowest BCUT2D eigenvalue weighted by molar-refractivity contribution is -0.138. The highest BCUT2D eigenvalue weighted by Crippen LogP contribution is 2.31. The van der Waals surface area contributed by atoms with E-state index in [-0.39, 0.29) is 25.3 Å². The number of carboxylic acid groups (broad SMARTS) is 2. The number of fused-ring (bicyclic) bond motifs is 1. The number of hydrogen-bond acceptors (Lipinski definition) is 4. The number of unbranched alkanes of at least 4 members (excludes halogenated alkanes) is 1. The van der Waals surface area contributed by atoms with E-state index in [0.29, 0.717) is 38.0 Å². The minimum atomic E-state index is -0.951. The third-order valence-electron chi connectivity index (χ3n) is 6.92. The van der Waals surface area contributed by atoms with E-state index in [2.05, 4.69) is 0 Å². The van der Waals surface area contributed by atoms with E-state index in [9.17, 15) is 23.5 Å². The van der Waals surface area contributed by atoms with Crippen LogP contribution in [0.3, 0.4) is 0 Å². The van der Waals surface area contributed by atoms with Crippen LogP contribution in [0.2, 0.25) is 0 Å². The number of carboxylic acids is 2. The monoisotopic (exact) mass is 577 g/mol. The van der Waals surface area contributed by atoms with Gasteiger partial charge in [-0.1, -0.05) is 48.6 Å². The zero-order valence-electron chi connectivity index (χ0n) is 23.3.